The van der Waals surface area contributed by atoms with Gasteiger partial charge in [-0.1, -0.05) is 26.0 Å². The summed E-state index contributed by atoms with van der Waals surface area (Å²) in [5, 5.41) is 0. The van der Waals surface area contributed by atoms with E-state index in [1.165, 1.54) is 0 Å². The van der Waals surface area contributed by atoms with Crippen molar-refractivity contribution >= 4 is 0 Å². The molecule has 0 heterocycles. The first-order valence-corrected chi connectivity index (χ1v) is 6.29. The lowest BCUT2D eigenvalue weighted by atomic mass is 10.0. The van der Waals surface area contributed by atoms with Crippen LogP contribution in [0.2, 0.25) is 0 Å². The van der Waals surface area contributed by atoms with Crippen LogP contribution < -0.4 is 10.5 Å². The molecule has 1 aromatic carbocycles. The molecule has 2 N–H and O–H groups in total. The van der Waals surface area contributed by atoms with Gasteiger partial charge in [-0.25, -0.2) is 0 Å². The van der Waals surface area contributed by atoms with Gasteiger partial charge in [0.1, 0.15) is 5.75 Å². The maximum Gasteiger partial charge on any atom is 0.425 e. The van der Waals surface area contributed by atoms with Crippen molar-refractivity contribution in [3.05, 3.63) is 29.3 Å². The molecular weight excluding hydrogens is 255 g/mol. The van der Waals surface area contributed by atoms with E-state index in [9.17, 15) is 13.2 Å². The molecule has 0 aliphatic heterocycles. The summed E-state index contributed by atoms with van der Waals surface area (Å²) in [6, 6.07) is 5.36. The Morgan fingerprint density at radius 2 is 1.89 bits per heavy atom. The van der Waals surface area contributed by atoms with Gasteiger partial charge in [-0.3, -0.25) is 0 Å². The van der Waals surface area contributed by atoms with Gasteiger partial charge in [0, 0.05) is 6.42 Å². The van der Waals surface area contributed by atoms with E-state index >= 15 is 0 Å². The number of nitrogens with two attached hydrogens (primary N) is 1. The Morgan fingerprint density at radius 1 is 1.26 bits per heavy atom. The number of aryl methyl sites for hydroxylation is 1. The van der Waals surface area contributed by atoms with E-state index in [2.05, 4.69) is 0 Å². The van der Waals surface area contributed by atoms with Crippen LogP contribution in [0.4, 0.5) is 13.2 Å². The van der Waals surface area contributed by atoms with E-state index in [0.29, 0.717) is 5.56 Å². The van der Waals surface area contributed by atoms with Crippen molar-refractivity contribution in [2.75, 3.05) is 6.54 Å². The first-order chi connectivity index (χ1) is 8.75. The molecule has 0 saturated carbocycles. The Kier molecular flexibility index (Phi) is 5.23. The van der Waals surface area contributed by atoms with Gasteiger partial charge in [-0.2, -0.15) is 13.2 Å². The molecule has 0 aromatic heterocycles. The van der Waals surface area contributed by atoms with Crippen molar-refractivity contribution in [3.8, 4) is 5.75 Å². The third-order valence-electron chi connectivity index (χ3n) is 2.94. The Bertz CT molecular complexity index is 416. The molecule has 1 rings (SSSR count). The van der Waals surface area contributed by atoms with Crippen molar-refractivity contribution < 1.29 is 17.9 Å². The van der Waals surface area contributed by atoms with Gasteiger partial charge in [-0.15, -0.1) is 0 Å². The minimum atomic E-state index is -4.40. The maximum atomic E-state index is 12.8. The summed E-state index contributed by atoms with van der Waals surface area (Å²) in [6.07, 6.45) is -6.49. The molecule has 0 saturated heterocycles. The predicted molar refractivity (Wildman–Crippen MR) is 69.4 cm³/mol. The number of hydrogen-bond donors (Lipinski definition) is 1. The lowest BCUT2D eigenvalue weighted by molar-refractivity contribution is -0.196. The molecule has 108 valence electrons. The minimum absolute atomic E-state index is 0.0624. The molecule has 0 aliphatic rings. The van der Waals surface area contributed by atoms with E-state index in [1.807, 2.05) is 19.9 Å². The molecule has 1 aromatic rings. The van der Waals surface area contributed by atoms with Gasteiger partial charge >= 0.3 is 6.18 Å². The van der Waals surface area contributed by atoms with Crippen LogP contribution in [0.15, 0.2) is 18.2 Å². The Hall–Kier alpha value is -1.23. The van der Waals surface area contributed by atoms with Crippen molar-refractivity contribution in [2.24, 2.45) is 5.73 Å². The highest BCUT2D eigenvalue weighted by Gasteiger charge is 2.41. The van der Waals surface area contributed by atoms with Crippen LogP contribution in [0.25, 0.3) is 0 Å². The number of ether oxygens (including phenoxy) is 1. The van der Waals surface area contributed by atoms with Crippen LogP contribution in [-0.4, -0.2) is 18.8 Å². The first-order valence-electron chi connectivity index (χ1n) is 6.29. The van der Waals surface area contributed by atoms with Crippen molar-refractivity contribution in [1.29, 1.82) is 0 Å². The molecule has 19 heavy (non-hydrogen) atoms. The Balaban J connectivity index is 2.98. The van der Waals surface area contributed by atoms with Crippen LogP contribution in [-0.2, 0) is 0 Å². The Morgan fingerprint density at radius 3 is 2.37 bits per heavy atom. The topological polar surface area (TPSA) is 35.2 Å². The average Bonchev–Trinajstić information content (AvgIpc) is 2.29. The molecule has 0 amide bonds. The second-order valence-corrected chi connectivity index (χ2v) is 4.91. The maximum absolute atomic E-state index is 12.8. The van der Waals surface area contributed by atoms with Gasteiger partial charge in [0.25, 0.3) is 0 Å². The lowest BCUT2D eigenvalue weighted by Crippen LogP contribution is -2.36. The normalized spacial score (nSPS) is 13.7. The summed E-state index contributed by atoms with van der Waals surface area (Å²) in [4.78, 5) is 0. The minimum Gasteiger partial charge on any atom is -0.481 e. The van der Waals surface area contributed by atoms with Crippen LogP contribution in [0.1, 0.15) is 37.3 Å². The highest BCUT2D eigenvalue weighted by atomic mass is 19.4. The fourth-order valence-electron chi connectivity index (χ4n) is 1.70. The molecule has 5 heteroatoms. The van der Waals surface area contributed by atoms with Crippen LogP contribution in [0, 0.1) is 6.92 Å². The van der Waals surface area contributed by atoms with Gasteiger partial charge in [0.15, 0.2) is 6.10 Å². The largest absolute Gasteiger partial charge is 0.481 e. The fourth-order valence-corrected chi connectivity index (χ4v) is 1.70. The van der Waals surface area contributed by atoms with E-state index in [4.69, 9.17) is 10.5 Å². The third kappa shape index (κ3) is 4.42. The molecule has 1 unspecified atom stereocenters. The second-order valence-electron chi connectivity index (χ2n) is 4.91. The molecule has 0 fully saturated rings. The first kappa shape index (κ1) is 15.8. The van der Waals surface area contributed by atoms with Crippen LogP contribution in [0.5, 0.6) is 5.75 Å². The fraction of sp³-hybridized carbons (Fsp3) is 0.571. The highest BCUT2D eigenvalue weighted by Crippen LogP contribution is 2.30. The zero-order valence-electron chi connectivity index (χ0n) is 11.4. The molecular formula is C14H20F3NO. The monoisotopic (exact) mass is 275 g/mol. The van der Waals surface area contributed by atoms with E-state index in [-0.39, 0.29) is 24.6 Å². The SMILES string of the molecule is Cc1ccc(C(C)C)cc1OC(CCN)C(F)(F)F. The van der Waals surface area contributed by atoms with Crippen LogP contribution in [0.3, 0.4) is 0 Å². The molecule has 2 nitrogen and oxygen atoms in total. The van der Waals surface area contributed by atoms with E-state index in [0.717, 1.165) is 5.56 Å². The standard InChI is InChI=1S/C14H20F3NO/c1-9(2)11-5-4-10(3)12(8-11)19-13(6-7-18)14(15,16)17/h4-5,8-9,13H,6-7,18H2,1-3H3. The smallest absolute Gasteiger partial charge is 0.425 e. The van der Waals surface area contributed by atoms with Crippen LogP contribution >= 0.6 is 0 Å². The zero-order valence-corrected chi connectivity index (χ0v) is 11.4. The number of benzene rings is 1. The number of alkyl halides is 3. The van der Waals surface area contributed by atoms with E-state index < -0.39 is 12.3 Å². The summed E-state index contributed by atoms with van der Waals surface area (Å²) in [5.41, 5.74) is 6.86. The number of halogens is 3. The zero-order chi connectivity index (χ0) is 14.6. The van der Waals surface area contributed by atoms with Crippen molar-refractivity contribution in [3.63, 3.8) is 0 Å². The highest BCUT2D eigenvalue weighted by molar-refractivity contribution is 5.38. The second kappa shape index (κ2) is 6.28. The summed E-state index contributed by atoms with van der Waals surface area (Å²) in [7, 11) is 0. The van der Waals surface area contributed by atoms with E-state index in [1.54, 1.807) is 19.1 Å². The molecule has 1 atom stereocenters. The van der Waals surface area contributed by atoms with Gasteiger partial charge in [0.05, 0.1) is 0 Å². The number of hydrogen-bond acceptors (Lipinski definition) is 2. The molecule has 0 bridgehead atoms. The average molecular weight is 275 g/mol. The van der Waals surface area contributed by atoms with Gasteiger partial charge < -0.3 is 10.5 Å². The quantitative estimate of drug-likeness (QED) is 0.887. The predicted octanol–water partition coefficient (Wildman–Crippen LogP) is 3.78. The molecule has 0 aliphatic carbocycles. The van der Waals surface area contributed by atoms with Gasteiger partial charge in [0.2, 0.25) is 0 Å². The summed E-state index contributed by atoms with van der Waals surface area (Å²) < 4.78 is 43.5. The summed E-state index contributed by atoms with van der Waals surface area (Å²) in [6.45, 7) is 5.63. The molecule has 0 spiro atoms. The summed E-state index contributed by atoms with van der Waals surface area (Å²) >= 11 is 0. The van der Waals surface area contributed by atoms with Crippen molar-refractivity contribution in [2.45, 2.75) is 45.4 Å². The lowest BCUT2D eigenvalue weighted by Gasteiger charge is -2.23. The third-order valence-corrected chi connectivity index (χ3v) is 2.94. The Labute approximate surface area is 111 Å². The number of rotatable bonds is 5. The summed E-state index contributed by atoms with van der Waals surface area (Å²) in [5.74, 6) is 0.517. The van der Waals surface area contributed by atoms with Crippen molar-refractivity contribution in [1.82, 2.24) is 0 Å². The van der Waals surface area contributed by atoms with Gasteiger partial charge in [-0.05, 0) is 36.6 Å². The molecule has 0 radical (unpaired) electrons.